The summed E-state index contributed by atoms with van der Waals surface area (Å²) in [6.45, 7) is 3.63. The summed E-state index contributed by atoms with van der Waals surface area (Å²) in [4.78, 5) is 12.5. The molecule has 0 aliphatic heterocycles. The van der Waals surface area contributed by atoms with Crippen LogP contribution in [-0.2, 0) is 10.0 Å². The van der Waals surface area contributed by atoms with Crippen LogP contribution in [0.5, 0.6) is 5.75 Å². The molecule has 0 saturated heterocycles. The number of carbonyl (C=O) groups excluding carboxylic acids is 1. The molecule has 2 N–H and O–H groups in total. The maximum Gasteiger partial charge on any atom is 0.264 e. The van der Waals surface area contributed by atoms with Crippen LogP contribution in [0.3, 0.4) is 0 Å². The molecule has 1 amide bonds. The molecule has 3 aromatic carbocycles. The highest BCUT2D eigenvalue weighted by Crippen LogP contribution is 2.30. The second kappa shape index (κ2) is 9.02. The van der Waals surface area contributed by atoms with Crippen molar-refractivity contribution < 1.29 is 18.3 Å². The Kier molecular flexibility index (Phi) is 6.44. The first-order valence-corrected chi connectivity index (χ1v) is 10.7. The Hall–Kier alpha value is -3.29. The van der Waals surface area contributed by atoms with Gasteiger partial charge < -0.3 is 10.4 Å². The maximum absolute atomic E-state index is 13.3. The largest absolute Gasteiger partial charge is 0.506 e. The smallest absolute Gasteiger partial charge is 0.264 e. The predicted molar refractivity (Wildman–Crippen MR) is 119 cm³/mol. The van der Waals surface area contributed by atoms with Gasteiger partial charge in [-0.2, -0.15) is 0 Å². The van der Waals surface area contributed by atoms with Gasteiger partial charge in [-0.15, -0.1) is 6.58 Å². The topological polar surface area (TPSA) is 86.7 Å². The Morgan fingerprint density at radius 1 is 1.07 bits per heavy atom. The number of carbonyl (C=O) groups is 1. The highest BCUT2D eigenvalue weighted by molar-refractivity contribution is 7.92. The van der Waals surface area contributed by atoms with Crippen molar-refractivity contribution >= 4 is 38.9 Å². The lowest BCUT2D eigenvalue weighted by Crippen LogP contribution is -2.31. The average Bonchev–Trinajstić information content (AvgIpc) is 2.74. The molecule has 0 aromatic heterocycles. The number of aromatic hydroxyl groups is 1. The number of rotatable bonds is 7. The van der Waals surface area contributed by atoms with Crippen molar-refractivity contribution in [3.05, 3.63) is 96.0 Å². The molecule has 0 aliphatic carbocycles. The minimum Gasteiger partial charge on any atom is -0.506 e. The first kappa shape index (κ1) is 21.4. The van der Waals surface area contributed by atoms with Gasteiger partial charge in [0.1, 0.15) is 5.75 Å². The minimum absolute atomic E-state index is 0.000375. The Morgan fingerprint density at radius 2 is 1.77 bits per heavy atom. The van der Waals surface area contributed by atoms with Gasteiger partial charge in [-0.05, 0) is 42.5 Å². The first-order chi connectivity index (χ1) is 14.3. The molecule has 154 valence electrons. The van der Waals surface area contributed by atoms with E-state index in [1.54, 1.807) is 36.4 Å². The molecule has 0 fully saturated rings. The second-order valence-electron chi connectivity index (χ2n) is 6.28. The second-order valence-corrected chi connectivity index (χ2v) is 8.54. The van der Waals surface area contributed by atoms with Gasteiger partial charge in [-0.1, -0.05) is 48.0 Å². The normalized spacial score (nSPS) is 11.0. The quantitative estimate of drug-likeness (QED) is 0.411. The Morgan fingerprint density at radius 3 is 2.47 bits per heavy atom. The van der Waals surface area contributed by atoms with Gasteiger partial charge in [0.15, 0.2) is 0 Å². The molecule has 3 rings (SSSR count). The van der Waals surface area contributed by atoms with E-state index in [2.05, 4.69) is 11.9 Å². The van der Waals surface area contributed by atoms with Gasteiger partial charge in [0.05, 0.1) is 27.8 Å². The van der Waals surface area contributed by atoms with Crippen molar-refractivity contribution in [1.82, 2.24) is 0 Å². The monoisotopic (exact) mass is 442 g/mol. The molecule has 8 heteroatoms. The van der Waals surface area contributed by atoms with Crippen molar-refractivity contribution in [3.63, 3.8) is 0 Å². The fourth-order valence-corrected chi connectivity index (χ4v) is 4.58. The van der Waals surface area contributed by atoms with Crippen LogP contribution in [0.4, 0.5) is 11.4 Å². The number of halogens is 1. The lowest BCUT2D eigenvalue weighted by Gasteiger charge is -2.24. The Balaban J connectivity index is 1.97. The van der Waals surface area contributed by atoms with Crippen molar-refractivity contribution in [1.29, 1.82) is 0 Å². The van der Waals surface area contributed by atoms with E-state index >= 15 is 0 Å². The van der Waals surface area contributed by atoms with Crippen LogP contribution in [0, 0.1) is 0 Å². The summed E-state index contributed by atoms with van der Waals surface area (Å²) < 4.78 is 27.7. The zero-order valence-electron chi connectivity index (χ0n) is 15.8. The molecule has 0 saturated carbocycles. The van der Waals surface area contributed by atoms with Crippen LogP contribution in [0.2, 0.25) is 5.02 Å². The van der Waals surface area contributed by atoms with E-state index in [4.69, 9.17) is 11.6 Å². The van der Waals surface area contributed by atoms with E-state index in [-0.39, 0.29) is 33.5 Å². The molecule has 3 aromatic rings. The van der Waals surface area contributed by atoms with Gasteiger partial charge in [-0.3, -0.25) is 9.10 Å². The zero-order chi connectivity index (χ0) is 21.7. The number of para-hydroxylation sites is 3. The number of benzene rings is 3. The number of nitrogens with one attached hydrogen (secondary N) is 1. The summed E-state index contributed by atoms with van der Waals surface area (Å²) in [6.07, 6.45) is 1.45. The molecule has 0 atom stereocenters. The third-order valence-corrected chi connectivity index (χ3v) is 6.35. The number of hydrogen-bond donors (Lipinski definition) is 2. The molecule has 0 unspecified atom stereocenters. The summed E-state index contributed by atoms with van der Waals surface area (Å²) >= 11 is 6.21. The molecule has 0 spiro atoms. The van der Waals surface area contributed by atoms with Crippen LogP contribution in [0.1, 0.15) is 10.4 Å². The third kappa shape index (κ3) is 4.48. The molecular weight excluding hydrogens is 424 g/mol. The first-order valence-electron chi connectivity index (χ1n) is 8.92. The number of phenols is 1. The van der Waals surface area contributed by atoms with Crippen LogP contribution in [0.15, 0.2) is 90.3 Å². The fourth-order valence-electron chi connectivity index (χ4n) is 2.80. The van der Waals surface area contributed by atoms with Crippen molar-refractivity contribution in [3.8, 4) is 5.75 Å². The number of sulfonamides is 1. The van der Waals surface area contributed by atoms with Gasteiger partial charge in [0, 0.05) is 5.56 Å². The van der Waals surface area contributed by atoms with Gasteiger partial charge in [-0.25, -0.2) is 8.42 Å². The van der Waals surface area contributed by atoms with Crippen LogP contribution >= 0.6 is 11.6 Å². The zero-order valence-corrected chi connectivity index (χ0v) is 17.4. The van der Waals surface area contributed by atoms with E-state index in [9.17, 15) is 18.3 Å². The highest BCUT2D eigenvalue weighted by Gasteiger charge is 2.26. The van der Waals surface area contributed by atoms with Crippen LogP contribution in [0.25, 0.3) is 0 Å². The predicted octanol–water partition coefficient (Wildman–Crippen LogP) is 4.68. The van der Waals surface area contributed by atoms with E-state index in [1.165, 1.54) is 42.5 Å². The van der Waals surface area contributed by atoms with Crippen molar-refractivity contribution in [2.75, 3.05) is 16.2 Å². The lowest BCUT2D eigenvalue weighted by molar-refractivity contribution is 0.102. The fraction of sp³-hybridized carbons (Fsp3) is 0.0455. The summed E-state index contributed by atoms with van der Waals surface area (Å²) in [5.41, 5.74) is 0.653. The third-order valence-electron chi connectivity index (χ3n) is 4.25. The van der Waals surface area contributed by atoms with Crippen LogP contribution in [-0.4, -0.2) is 26.0 Å². The SMILES string of the molecule is C=CCN(c1ccccc1Cl)S(=O)(=O)c1cccc(C(=O)Nc2ccccc2O)c1. The van der Waals surface area contributed by atoms with E-state index in [0.717, 1.165) is 4.31 Å². The molecule has 0 aliphatic rings. The molecule has 0 heterocycles. The van der Waals surface area contributed by atoms with Gasteiger partial charge in [0.2, 0.25) is 0 Å². The van der Waals surface area contributed by atoms with Crippen LogP contribution < -0.4 is 9.62 Å². The highest BCUT2D eigenvalue weighted by atomic mass is 35.5. The number of phenolic OH excluding ortho intramolecular Hbond substituents is 1. The van der Waals surface area contributed by atoms with Crippen molar-refractivity contribution in [2.24, 2.45) is 0 Å². The number of hydrogen-bond acceptors (Lipinski definition) is 4. The minimum atomic E-state index is -4.03. The summed E-state index contributed by atoms with van der Waals surface area (Å²) in [5.74, 6) is -0.646. The number of amides is 1. The summed E-state index contributed by atoms with van der Waals surface area (Å²) in [7, 11) is -4.03. The molecular formula is C22H19ClN2O4S. The molecule has 30 heavy (non-hydrogen) atoms. The molecule has 6 nitrogen and oxygen atoms in total. The summed E-state index contributed by atoms with van der Waals surface area (Å²) in [6, 6.07) is 18.5. The van der Waals surface area contributed by atoms with E-state index in [0.29, 0.717) is 5.69 Å². The standard InChI is InChI=1S/C22H19ClN2O4S/c1-2-14-25(20-12-5-3-10-18(20)23)30(28,29)17-9-7-8-16(15-17)22(27)24-19-11-4-6-13-21(19)26/h2-13,15,26H,1,14H2,(H,24,27). The number of anilines is 2. The Labute approximate surface area is 180 Å². The summed E-state index contributed by atoms with van der Waals surface area (Å²) in [5, 5.41) is 12.7. The van der Waals surface area contributed by atoms with Gasteiger partial charge in [0.25, 0.3) is 15.9 Å². The van der Waals surface area contributed by atoms with E-state index < -0.39 is 15.9 Å². The number of nitrogens with zero attached hydrogens (tertiary/aromatic N) is 1. The van der Waals surface area contributed by atoms with Crippen molar-refractivity contribution in [2.45, 2.75) is 4.90 Å². The van der Waals surface area contributed by atoms with Gasteiger partial charge >= 0.3 is 0 Å². The Bertz CT molecular complexity index is 1200. The molecule has 0 bridgehead atoms. The average molecular weight is 443 g/mol. The maximum atomic E-state index is 13.3. The lowest BCUT2D eigenvalue weighted by atomic mass is 10.2. The van der Waals surface area contributed by atoms with E-state index in [1.807, 2.05) is 0 Å². The molecule has 0 radical (unpaired) electrons.